The van der Waals surface area contributed by atoms with E-state index in [1.165, 1.54) is 11.3 Å². The maximum atomic E-state index is 10.1. The summed E-state index contributed by atoms with van der Waals surface area (Å²) in [7, 11) is 0. The molecule has 1 N–H and O–H groups in total. The number of thiazole rings is 1. The third-order valence-corrected chi connectivity index (χ3v) is 3.70. The average Bonchev–Trinajstić information content (AvgIpc) is 2.70. The first-order chi connectivity index (χ1) is 6.79. The molecule has 0 aromatic carbocycles. The van der Waals surface area contributed by atoms with Crippen LogP contribution in [0.25, 0.3) is 0 Å². The Kier molecular flexibility index (Phi) is 3.15. The van der Waals surface area contributed by atoms with Crippen molar-refractivity contribution in [1.82, 2.24) is 4.98 Å². The van der Waals surface area contributed by atoms with E-state index < -0.39 is 0 Å². The minimum absolute atomic E-state index is 0.323. The molecule has 0 saturated carbocycles. The summed E-state index contributed by atoms with van der Waals surface area (Å²) in [6, 6.07) is 0. The zero-order valence-electron chi connectivity index (χ0n) is 8.22. The van der Waals surface area contributed by atoms with Gasteiger partial charge < -0.3 is 9.84 Å². The van der Waals surface area contributed by atoms with Gasteiger partial charge in [-0.15, -0.1) is 11.3 Å². The van der Waals surface area contributed by atoms with E-state index in [1.807, 2.05) is 0 Å². The number of nitrogens with zero attached hydrogens (tertiary/aromatic N) is 1. The van der Waals surface area contributed by atoms with Crippen LogP contribution in [-0.2, 0) is 4.74 Å². The van der Waals surface area contributed by atoms with E-state index in [2.05, 4.69) is 11.9 Å². The van der Waals surface area contributed by atoms with Crippen LogP contribution in [0.15, 0.2) is 11.7 Å². The second-order valence-corrected chi connectivity index (χ2v) is 4.77. The summed E-state index contributed by atoms with van der Waals surface area (Å²) in [4.78, 5) is 4.97. The lowest BCUT2D eigenvalue weighted by molar-refractivity contribution is -0.0299. The monoisotopic (exact) mass is 213 g/mol. The molecule has 3 unspecified atom stereocenters. The van der Waals surface area contributed by atoms with Gasteiger partial charge in [-0.1, -0.05) is 6.92 Å². The molecular formula is C10H15NO2S. The van der Waals surface area contributed by atoms with Crippen LogP contribution < -0.4 is 0 Å². The van der Waals surface area contributed by atoms with Crippen molar-refractivity contribution in [2.45, 2.75) is 19.4 Å². The lowest BCUT2D eigenvalue weighted by atomic mass is 9.85. The van der Waals surface area contributed by atoms with Crippen molar-refractivity contribution in [3.05, 3.63) is 16.6 Å². The minimum Gasteiger partial charge on any atom is -0.387 e. The summed E-state index contributed by atoms with van der Waals surface area (Å²) in [5, 5.41) is 10.1. The van der Waals surface area contributed by atoms with Gasteiger partial charge in [0.1, 0.15) is 0 Å². The first kappa shape index (κ1) is 10.1. The topological polar surface area (TPSA) is 42.4 Å². The molecule has 4 heteroatoms. The normalized spacial score (nSPS) is 30.1. The lowest BCUT2D eigenvalue weighted by Crippen LogP contribution is -2.29. The predicted octanol–water partition coefficient (Wildman–Crippen LogP) is 1.85. The summed E-state index contributed by atoms with van der Waals surface area (Å²) in [5.41, 5.74) is 1.77. The zero-order chi connectivity index (χ0) is 9.97. The number of rotatable bonds is 2. The average molecular weight is 213 g/mol. The van der Waals surface area contributed by atoms with Gasteiger partial charge in [0, 0.05) is 19.4 Å². The first-order valence-corrected chi connectivity index (χ1v) is 5.81. The van der Waals surface area contributed by atoms with Gasteiger partial charge in [-0.05, 0) is 18.3 Å². The van der Waals surface area contributed by atoms with Gasteiger partial charge in [-0.2, -0.15) is 0 Å². The fourth-order valence-corrected chi connectivity index (χ4v) is 2.63. The van der Waals surface area contributed by atoms with E-state index in [0.717, 1.165) is 24.5 Å². The van der Waals surface area contributed by atoms with Crippen LogP contribution in [0.2, 0.25) is 0 Å². The molecule has 0 bridgehead atoms. The fraction of sp³-hybridized carbons (Fsp3) is 0.700. The van der Waals surface area contributed by atoms with E-state index in [4.69, 9.17) is 4.74 Å². The number of hydrogen-bond acceptors (Lipinski definition) is 4. The maximum Gasteiger partial charge on any atom is 0.0930 e. The maximum absolute atomic E-state index is 10.1. The largest absolute Gasteiger partial charge is 0.387 e. The number of hydrogen-bond donors (Lipinski definition) is 1. The smallest absolute Gasteiger partial charge is 0.0930 e. The van der Waals surface area contributed by atoms with Crippen LogP contribution in [-0.4, -0.2) is 23.3 Å². The van der Waals surface area contributed by atoms with Crippen LogP contribution in [0.3, 0.4) is 0 Å². The van der Waals surface area contributed by atoms with E-state index in [0.29, 0.717) is 11.8 Å². The van der Waals surface area contributed by atoms with Gasteiger partial charge in [0.25, 0.3) is 0 Å². The van der Waals surface area contributed by atoms with Crippen molar-refractivity contribution >= 4 is 11.3 Å². The molecule has 0 spiro atoms. The minimum atomic E-state index is -0.360. The Labute approximate surface area is 87.7 Å². The zero-order valence-corrected chi connectivity index (χ0v) is 9.04. The molecule has 1 aliphatic rings. The molecule has 0 amide bonds. The van der Waals surface area contributed by atoms with Crippen LogP contribution in [0.4, 0.5) is 0 Å². The highest BCUT2D eigenvalue weighted by Gasteiger charge is 2.30. The second-order valence-electron chi connectivity index (χ2n) is 3.85. The molecule has 3 atom stereocenters. The number of aromatic nitrogens is 1. The summed E-state index contributed by atoms with van der Waals surface area (Å²) >= 11 is 1.52. The number of ether oxygens (including phenoxy) is 1. The Morgan fingerprint density at radius 2 is 2.57 bits per heavy atom. The van der Waals surface area contributed by atoms with Crippen molar-refractivity contribution < 1.29 is 9.84 Å². The fourth-order valence-electron chi connectivity index (χ4n) is 1.95. The molecular weight excluding hydrogens is 198 g/mol. The lowest BCUT2D eigenvalue weighted by Gasteiger charge is -2.31. The van der Waals surface area contributed by atoms with Gasteiger partial charge in [0.2, 0.25) is 0 Å². The van der Waals surface area contributed by atoms with Crippen LogP contribution >= 0.6 is 11.3 Å². The van der Waals surface area contributed by atoms with Gasteiger partial charge in [0.15, 0.2) is 0 Å². The van der Waals surface area contributed by atoms with Crippen molar-refractivity contribution in [3.63, 3.8) is 0 Å². The van der Waals surface area contributed by atoms with Crippen LogP contribution in [0.1, 0.15) is 24.3 Å². The van der Waals surface area contributed by atoms with Gasteiger partial charge >= 0.3 is 0 Å². The quantitative estimate of drug-likeness (QED) is 0.815. The van der Waals surface area contributed by atoms with Gasteiger partial charge in [-0.25, -0.2) is 0 Å². The Bertz CT molecular complexity index is 276. The highest BCUT2D eigenvalue weighted by Crippen LogP contribution is 2.34. The molecule has 2 rings (SSSR count). The predicted molar refractivity (Wildman–Crippen MR) is 55.2 cm³/mol. The van der Waals surface area contributed by atoms with E-state index in [9.17, 15) is 5.11 Å². The highest BCUT2D eigenvalue weighted by molar-refractivity contribution is 7.09. The molecule has 14 heavy (non-hydrogen) atoms. The van der Waals surface area contributed by atoms with E-state index in [1.54, 1.807) is 11.7 Å². The Hall–Kier alpha value is -0.450. The number of aliphatic hydroxyl groups is 1. The second kappa shape index (κ2) is 4.38. The summed E-state index contributed by atoms with van der Waals surface area (Å²) < 4.78 is 5.36. The van der Waals surface area contributed by atoms with E-state index in [-0.39, 0.29) is 6.10 Å². The number of aliphatic hydroxyl groups excluding tert-OH is 1. The Morgan fingerprint density at radius 3 is 3.21 bits per heavy atom. The summed E-state index contributed by atoms with van der Waals surface area (Å²) in [6.07, 6.45) is 2.35. The van der Waals surface area contributed by atoms with Crippen molar-refractivity contribution in [3.8, 4) is 0 Å². The SMILES string of the molecule is CC1COCCC1C(O)c1cncs1. The molecule has 1 aromatic rings. The van der Waals surface area contributed by atoms with Crippen molar-refractivity contribution in [2.24, 2.45) is 11.8 Å². The van der Waals surface area contributed by atoms with Crippen molar-refractivity contribution in [1.29, 1.82) is 0 Å². The first-order valence-electron chi connectivity index (χ1n) is 4.93. The summed E-state index contributed by atoms with van der Waals surface area (Å²) in [5.74, 6) is 0.755. The van der Waals surface area contributed by atoms with Gasteiger partial charge in [-0.3, -0.25) is 4.98 Å². The molecule has 3 nitrogen and oxygen atoms in total. The molecule has 0 radical (unpaired) electrons. The third-order valence-electron chi connectivity index (χ3n) is 2.86. The molecule has 1 aliphatic heterocycles. The van der Waals surface area contributed by atoms with Crippen LogP contribution in [0, 0.1) is 11.8 Å². The van der Waals surface area contributed by atoms with Crippen molar-refractivity contribution in [2.75, 3.05) is 13.2 Å². The Morgan fingerprint density at radius 1 is 1.71 bits per heavy atom. The molecule has 1 saturated heterocycles. The standard InChI is InChI=1S/C10H15NO2S/c1-7-5-13-3-2-8(7)10(12)9-4-11-6-14-9/h4,6-8,10,12H,2-3,5H2,1H3. The Balaban J connectivity index is 2.06. The summed E-state index contributed by atoms with van der Waals surface area (Å²) in [6.45, 7) is 3.67. The van der Waals surface area contributed by atoms with Gasteiger partial charge in [0.05, 0.1) is 16.5 Å². The third kappa shape index (κ3) is 1.97. The molecule has 2 heterocycles. The highest BCUT2D eigenvalue weighted by atomic mass is 32.1. The molecule has 0 aliphatic carbocycles. The molecule has 78 valence electrons. The van der Waals surface area contributed by atoms with E-state index >= 15 is 0 Å². The molecule has 1 fully saturated rings. The van der Waals surface area contributed by atoms with Crippen LogP contribution in [0.5, 0.6) is 0 Å². The molecule has 1 aromatic heterocycles.